The monoisotopic (exact) mass is 389 g/mol. The molecule has 3 aliphatic rings. The van der Waals surface area contributed by atoms with Crippen LogP contribution in [0.4, 0.5) is 18.9 Å². The van der Waals surface area contributed by atoms with Gasteiger partial charge in [0.25, 0.3) is 5.91 Å². The van der Waals surface area contributed by atoms with Gasteiger partial charge in [0.05, 0.1) is 28.0 Å². The number of nitrogens with one attached hydrogen (secondary N) is 3. The molecule has 7 nitrogen and oxygen atoms in total. The highest BCUT2D eigenvalue weighted by molar-refractivity contribution is 6.33. The van der Waals surface area contributed by atoms with Crippen molar-refractivity contribution in [3.63, 3.8) is 0 Å². The van der Waals surface area contributed by atoms with Crippen molar-refractivity contribution in [3.05, 3.63) is 40.6 Å². The van der Waals surface area contributed by atoms with Gasteiger partial charge >= 0.3 is 6.18 Å². The minimum atomic E-state index is -4.48. The van der Waals surface area contributed by atoms with Crippen LogP contribution in [0.5, 0.6) is 0 Å². The van der Waals surface area contributed by atoms with Gasteiger partial charge in [-0.3, -0.25) is 20.0 Å². The maximum absolute atomic E-state index is 12.8. The van der Waals surface area contributed by atoms with Gasteiger partial charge in [-0.1, -0.05) is 11.6 Å². The van der Waals surface area contributed by atoms with Gasteiger partial charge in [0.2, 0.25) is 0 Å². The lowest BCUT2D eigenvalue weighted by molar-refractivity contribution is -0.137. The molecule has 0 radical (unpaired) electrons. The van der Waals surface area contributed by atoms with Gasteiger partial charge in [-0.15, -0.1) is 0 Å². The average Bonchev–Trinajstić information content (AvgIpc) is 2.95. The first-order chi connectivity index (χ1) is 12.2. The van der Waals surface area contributed by atoms with E-state index in [1.165, 1.54) is 17.3 Å². The van der Waals surface area contributed by atoms with Crippen molar-refractivity contribution >= 4 is 23.2 Å². The van der Waals surface area contributed by atoms with E-state index in [1.54, 1.807) is 0 Å². The van der Waals surface area contributed by atoms with Crippen LogP contribution in [0, 0.1) is 0 Å². The fourth-order valence-corrected chi connectivity index (χ4v) is 3.37. The van der Waals surface area contributed by atoms with Crippen LogP contribution in [0.3, 0.4) is 0 Å². The number of β-amino-alcohol motifs (C(OH)–C–C–N with tert-alkyl or cyclic N) is 1. The zero-order valence-electron chi connectivity index (χ0n) is 13.2. The molecular formula is C15H15ClF3N5O2. The summed E-state index contributed by atoms with van der Waals surface area (Å²) in [5.41, 5.74) is 2.84. The lowest BCUT2D eigenvalue weighted by Gasteiger charge is -2.45. The summed E-state index contributed by atoms with van der Waals surface area (Å²) >= 11 is 6.01. The molecular weight excluding hydrogens is 375 g/mol. The number of hydrogen-bond donors (Lipinski definition) is 4. The van der Waals surface area contributed by atoms with Gasteiger partial charge in [0.1, 0.15) is 12.5 Å². The number of carbonyl (C=O) groups is 1. The number of amides is 1. The molecule has 0 spiro atoms. The van der Waals surface area contributed by atoms with Crippen LogP contribution in [0.15, 0.2) is 30.0 Å². The Hall–Kier alpha value is -1.85. The number of fused-ring (bicyclic) bond motifs is 1. The van der Waals surface area contributed by atoms with E-state index in [-0.39, 0.29) is 10.9 Å². The van der Waals surface area contributed by atoms with Crippen LogP contribution in [-0.2, 0) is 11.0 Å². The Morgan fingerprint density at radius 1 is 1.27 bits per heavy atom. The molecule has 0 saturated carbocycles. The normalized spacial score (nSPS) is 27.0. The molecule has 2 saturated heterocycles. The zero-order chi connectivity index (χ0) is 18.6. The summed E-state index contributed by atoms with van der Waals surface area (Å²) in [4.78, 5) is 14.2. The van der Waals surface area contributed by atoms with Crippen LogP contribution in [0.25, 0.3) is 0 Å². The van der Waals surface area contributed by atoms with Gasteiger partial charge in [0.15, 0.2) is 0 Å². The molecule has 4 rings (SSSR count). The van der Waals surface area contributed by atoms with Crippen molar-refractivity contribution in [2.24, 2.45) is 0 Å². The fraction of sp³-hybridized carbons (Fsp3) is 0.400. The number of rotatable bonds is 2. The molecule has 26 heavy (non-hydrogen) atoms. The maximum Gasteiger partial charge on any atom is 0.416 e. The van der Waals surface area contributed by atoms with Crippen LogP contribution >= 0.6 is 11.6 Å². The minimum absolute atomic E-state index is 0.0920. The van der Waals surface area contributed by atoms with Crippen LogP contribution < -0.4 is 21.1 Å². The second-order valence-electron chi connectivity index (χ2n) is 6.33. The van der Waals surface area contributed by atoms with Gasteiger partial charge < -0.3 is 10.4 Å². The number of carbonyl (C=O) groups excluding carboxylic acids is 1. The van der Waals surface area contributed by atoms with Gasteiger partial charge in [-0.25, -0.2) is 5.43 Å². The first kappa shape index (κ1) is 17.6. The molecule has 2 atom stereocenters. The predicted molar refractivity (Wildman–Crippen MR) is 86.6 cm³/mol. The molecule has 1 amide bonds. The standard InChI is InChI=1S/C15H15ClF3N5O2/c16-10-3-7(15(17,18)19)1-2-11(10)24-6-9-12(22-24)20-14(21-13(9)26)23-4-8(25)5-23/h1-3,6,8,12,14,20,22,25H,4-5H2,(H,21,26). The number of alkyl halides is 3. The summed E-state index contributed by atoms with van der Waals surface area (Å²) in [6.45, 7) is 0.885. The molecule has 0 aliphatic carbocycles. The number of anilines is 1. The van der Waals surface area contributed by atoms with Gasteiger partial charge in [-0.2, -0.15) is 13.2 Å². The molecule has 1 aromatic carbocycles. The van der Waals surface area contributed by atoms with E-state index in [4.69, 9.17) is 11.6 Å². The summed E-state index contributed by atoms with van der Waals surface area (Å²) in [6, 6.07) is 3.02. The number of nitrogens with zero attached hydrogens (tertiary/aromatic N) is 2. The predicted octanol–water partition coefficient (Wildman–Crippen LogP) is 0.573. The van der Waals surface area contributed by atoms with Crippen LogP contribution in [0.1, 0.15) is 5.56 Å². The topological polar surface area (TPSA) is 79.9 Å². The van der Waals surface area contributed by atoms with Crippen molar-refractivity contribution in [3.8, 4) is 0 Å². The van der Waals surface area contributed by atoms with Crippen LogP contribution in [0.2, 0.25) is 5.02 Å². The number of hydrazine groups is 1. The van der Waals surface area contributed by atoms with E-state index in [1.807, 2.05) is 4.90 Å². The molecule has 140 valence electrons. The molecule has 4 N–H and O–H groups in total. The third-order valence-electron chi connectivity index (χ3n) is 4.49. The quantitative estimate of drug-likeness (QED) is 0.592. The lowest BCUT2D eigenvalue weighted by Crippen LogP contribution is -2.71. The molecule has 0 bridgehead atoms. The van der Waals surface area contributed by atoms with E-state index >= 15 is 0 Å². The van der Waals surface area contributed by atoms with E-state index in [9.17, 15) is 23.1 Å². The van der Waals surface area contributed by atoms with E-state index in [2.05, 4.69) is 16.1 Å². The number of aliphatic hydroxyl groups is 1. The second-order valence-corrected chi connectivity index (χ2v) is 6.74. The van der Waals surface area contributed by atoms with Gasteiger partial charge in [-0.05, 0) is 18.2 Å². The fourth-order valence-electron chi connectivity index (χ4n) is 3.10. The molecule has 11 heteroatoms. The van der Waals surface area contributed by atoms with Crippen LogP contribution in [-0.4, -0.2) is 47.6 Å². The van der Waals surface area contributed by atoms with E-state index in [0.717, 1.165) is 12.1 Å². The Bertz CT molecular complexity index is 781. The number of hydrogen-bond acceptors (Lipinski definition) is 6. The highest BCUT2D eigenvalue weighted by Crippen LogP contribution is 2.36. The number of halogens is 4. The first-order valence-corrected chi connectivity index (χ1v) is 8.23. The Balaban J connectivity index is 1.52. The van der Waals surface area contributed by atoms with Crippen molar-refractivity contribution in [2.45, 2.75) is 24.7 Å². The molecule has 2 unspecified atom stereocenters. The largest absolute Gasteiger partial charge is 0.416 e. The first-order valence-electron chi connectivity index (χ1n) is 7.85. The molecule has 3 heterocycles. The third-order valence-corrected chi connectivity index (χ3v) is 4.79. The van der Waals surface area contributed by atoms with Crippen molar-refractivity contribution in [1.82, 2.24) is 21.0 Å². The Morgan fingerprint density at radius 2 is 2.00 bits per heavy atom. The van der Waals surface area contributed by atoms with E-state index in [0.29, 0.717) is 24.4 Å². The second kappa shape index (κ2) is 6.10. The molecule has 0 aromatic heterocycles. The summed E-state index contributed by atoms with van der Waals surface area (Å²) in [5, 5.41) is 16.7. The molecule has 3 aliphatic heterocycles. The summed E-state index contributed by atoms with van der Waals surface area (Å²) in [7, 11) is 0. The summed E-state index contributed by atoms with van der Waals surface area (Å²) in [5.74, 6) is -0.307. The zero-order valence-corrected chi connectivity index (χ0v) is 14.0. The third kappa shape index (κ3) is 3.03. The summed E-state index contributed by atoms with van der Waals surface area (Å²) < 4.78 is 38.3. The number of likely N-dealkylation sites (tertiary alicyclic amines) is 1. The highest BCUT2D eigenvalue weighted by atomic mass is 35.5. The average molecular weight is 390 g/mol. The Morgan fingerprint density at radius 3 is 2.62 bits per heavy atom. The smallest absolute Gasteiger partial charge is 0.390 e. The number of benzene rings is 1. The van der Waals surface area contributed by atoms with Crippen molar-refractivity contribution < 1.29 is 23.1 Å². The van der Waals surface area contributed by atoms with Gasteiger partial charge in [0, 0.05) is 19.3 Å². The van der Waals surface area contributed by atoms with Crippen molar-refractivity contribution in [1.29, 1.82) is 0 Å². The Kier molecular flexibility index (Phi) is 4.12. The highest BCUT2D eigenvalue weighted by Gasteiger charge is 2.41. The number of aliphatic hydroxyl groups excluding tert-OH is 1. The molecule has 2 fully saturated rings. The lowest BCUT2D eigenvalue weighted by atomic mass is 10.1. The molecule has 1 aromatic rings. The van der Waals surface area contributed by atoms with Crippen molar-refractivity contribution in [2.75, 3.05) is 18.1 Å². The minimum Gasteiger partial charge on any atom is -0.390 e. The maximum atomic E-state index is 12.8. The SMILES string of the molecule is O=C1NC(N2CC(O)C2)NC2NN(c3ccc(C(F)(F)F)cc3Cl)C=C12. The summed E-state index contributed by atoms with van der Waals surface area (Å²) in [6.07, 6.45) is -4.37. The Labute approximate surface area is 151 Å². The van der Waals surface area contributed by atoms with E-state index < -0.39 is 30.3 Å².